The molecule has 0 aliphatic rings. The Morgan fingerprint density at radius 3 is 2.80 bits per heavy atom. The zero-order valence-electron chi connectivity index (χ0n) is 11.0. The van der Waals surface area contributed by atoms with Gasteiger partial charge in [0.1, 0.15) is 0 Å². The number of ether oxygens (including phenoxy) is 1. The molecule has 7 heteroatoms. The molecule has 0 saturated heterocycles. The summed E-state index contributed by atoms with van der Waals surface area (Å²) in [6.45, 7) is 3.33. The van der Waals surface area contributed by atoms with E-state index in [4.69, 9.17) is 4.74 Å². The largest absolute Gasteiger partial charge is 0.377 e. The van der Waals surface area contributed by atoms with Crippen LogP contribution in [0, 0.1) is 0 Å². The molecule has 1 N–H and O–H groups in total. The van der Waals surface area contributed by atoms with E-state index >= 15 is 0 Å². The molecule has 0 radical (unpaired) electrons. The number of rotatable bonds is 5. The second-order valence-electron chi connectivity index (χ2n) is 4.20. The van der Waals surface area contributed by atoms with Crippen molar-refractivity contribution in [3.63, 3.8) is 0 Å². The van der Waals surface area contributed by atoms with Gasteiger partial charge < -0.3 is 10.1 Å². The number of nitrogens with zero attached hydrogens (tertiary/aromatic N) is 5. The Morgan fingerprint density at radius 1 is 1.15 bits per heavy atom. The van der Waals surface area contributed by atoms with Gasteiger partial charge in [0, 0.05) is 12.3 Å². The average molecular weight is 270 g/mol. The van der Waals surface area contributed by atoms with Crippen molar-refractivity contribution < 1.29 is 4.74 Å². The van der Waals surface area contributed by atoms with Crippen molar-refractivity contribution in [2.75, 3.05) is 11.9 Å². The van der Waals surface area contributed by atoms with Crippen LogP contribution in [0.3, 0.4) is 0 Å². The minimum atomic E-state index is 0.614. The number of fused-ring (bicyclic) bond motifs is 1. The quantitative estimate of drug-likeness (QED) is 0.761. The van der Waals surface area contributed by atoms with Crippen LogP contribution in [-0.2, 0) is 11.3 Å². The minimum absolute atomic E-state index is 0.614. The van der Waals surface area contributed by atoms with Crippen molar-refractivity contribution in [3.05, 3.63) is 42.0 Å². The minimum Gasteiger partial charge on any atom is -0.377 e. The summed E-state index contributed by atoms with van der Waals surface area (Å²) in [5.41, 5.74) is 2.70. The molecule has 0 saturated carbocycles. The van der Waals surface area contributed by atoms with E-state index in [0.29, 0.717) is 18.1 Å². The van der Waals surface area contributed by atoms with E-state index in [1.807, 2.05) is 37.3 Å². The second kappa shape index (κ2) is 5.62. The van der Waals surface area contributed by atoms with Crippen LogP contribution in [-0.4, -0.2) is 31.9 Å². The summed E-state index contributed by atoms with van der Waals surface area (Å²) in [6, 6.07) is 11.7. The van der Waals surface area contributed by atoms with Crippen molar-refractivity contribution >= 4 is 17.2 Å². The fourth-order valence-electron chi connectivity index (χ4n) is 1.77. The van der Waals surface area contributed by atoms with Crippen molar-refractivity contribution in [2.24, 2.45) is 0 Å². The Bertz CT molecular complexity index is 693. The lowest BCUT2D eigenvalue weighted by Crippen LogP contribution is -2.00. The third kappa shape index (κ3) is 2.72. The number of hydrogen-bond donors (Lipinski definition) is 1. The highest BCUT2D eigenvalue weighted by atomic mass is 16.5. The van der Waals surface area contributed by atoms with Crippen molar-refractivity contribution in [1.82, 2.24) is 25.3 Å². The highest BCUT2D eigenvalue weighted by Crippen LogP contribution is 2.15. The fourth-order valence-corrected chi connectivity index (χ4v) is 1.77. The first kappa shape index (κ1) is 12.5. The van der Waals surface area contributed by atoms with Gasteiger partial charge in [0.05, 0.1) is 6.61 Å². The SMILES string of the molecule is CCOCc1ccc(Nc2ccc3nnnn3n2)cc1. The molecule has 2 aromatic heterocycles. The number of anilines is 2. The molecule has 0 fully saturated rings. The van der Waals surface area contributed by atoms with E-state index in [1.54, 1.807) is 6.07 Å². The molecular weight excluding hydrogens is 256 g/mol. The molecular formula is C13H14N6O. The van der Waals surface area contributed by atoms with Gasteiger partial charge in [-0.15, -0.1) is 14.8 Å². The second-order valence-corrected chi connectivity index (χ2v) is 4.20. The summed E-state index contributed by atoms with van der Waals surface area (Å²) in [5.74, 6) is 0.683. The lowest BCUT2D eigenvalue weighted by molar-refractivity contribution is 0.134. The van der Waals surface area contributed by atoms with E-state index in [9.17, 15) is 0 Å². The lowest BCUT2D eigenvalue weighted by Gasteiger charge is -2.06. The standard InChI is InChI=1S/C13H14N6O/c1-2-20-9-10-3-5-11(6-4-10)14-12-7-8-13-15-17-18-19(13)16-12/h3-8H,2,9H2,1H3,(H,14,16). The Labute approximate surface area is 115 Å². The number of benzene rings is 1. The third-order valence-electron chi connectivity index (χ3n) is 2.77. The van der Waals surface area contributed by atoms with Crippen LogP contribution in [0.1, 0.15) is 12.5 Å². The van der Waals surface area contributed by atoms with E-state index in [2.05, 4.69) is 25.9 Å². The van der Waals surface area contributed by atoms with Gasteiger partial charge in [0.15, 0.2) is 11.5 Å². The monoisotopic (exact) mass is 270 g/mol. The molecule has 0 aliphatic carbocycles. The van der Waals surface area contributed by atoms with E-state index in [1.165, 1.54) is 4.63 Å². The first-order valence-electron chi connectivity index (χ1n) is 6.34. The molecule has 102 valence electrons. The van der Waals surface area contributed by atoms with Crippen molar-refractivity contribution in [1.29, 1.82) is 0 Å². The summed E-state index contributed by atoms with van der Waals surface area (Å²) in [4.78, 5) is 0. The molecule has 1 aromatic carbocycles. The number of nitrogens with one attached hydrogen (secondary N) is 1. The summed E-state index contributed by atoms with van der Waals surface area (Å²) in [7, 11) is 0. The maximum absolute atomic E-state index is 5.36. The van der Waals surface area contributed by atoms with Crippen LogP contribution < -0.4 is 5.32 Å². The molecule has 3 rings (SSSR count). The molecule has 0 unspecified atom stereocenters. The van der Waals surface area contributed by atoms with E-state index in [-0.39, 0.29) is 0 Å². The fraction of sp³-hybridized carbons (Fsp3) is 0.231. The molecule has 2 heterocycles. The van der Waals surface area contributed by atoms with E-state index < -0.39 is 0 Å². The summed E-state index contributed by atoms with van der Waals surface area (Å²) in [6.07, 6.45) is 0. The Balaban J connectivity index is 1.73. The first-order valence-corrected chi connectivity index (χ1v) is 6.34. The zero-order valence-corrected chi connectivity index (χ0v) is 11.0. The highest BCUT2D eigenvalue weighted by molar-refractivity contribution is 5.57. The summed E-state index contributed by atoms with van der Waals surface area (Å²) >= 11 is 0. The maximum atomic E-state index is 5.36. The molecule has 0 amide bonds. The van der Waals surface area contributed by atoms with Crippen LogP contribution in [0.4, 0.5) is 11.5 Å². The predicted molar refractivity (Wildman–Crippen MR) is 73.6 cm³/mol. The Hall–Kier alpha value is -2.54. The third-order valence-corrected chi connectivity index (χ3v) is 2.77. The van der Waals surface area contributed by atoms with Gasteiger partial charge in [-0.05, 0) is 47.2 Å². The van der Waals surface area contributed by atoms with Gasteiger partial charge in [-0.3, -0.25) is 0 Å². The molecule has 7 nitrogen and oxygen atoms in total. The summed E-state index contributed by atoms with van der Waals surface area (Å²) in [5, 5.41) is 18.6. The zero-order chi connectivity index (χ0) is 13.8. The number of hydrogen-bond acceptors (Lipinski definition) is 6. The normalized spacial score (nSPS) is 10.8. The number of aromatic nitrogens is 5. The average Bonchev–Trinajstić information content (AvgIpc) is 2.94. The Morgan fingerprint density at radius 2 is 2.00 bits per heavy atom. The van der Waals surface area contributed by atoms with Crippen molar-refractivity contribution in [2.45, 2.75) is 13.5 Å². The van der Waals surface area contributed by atoms with Crippen LogP contribution in [0.15, 0.2) is 36.4 Å². The smallest absolute Gasteiger partial charge is 0.200 e. The summed E-state index contributed by atoms with van der Waals surface area (Å²) < 4.78 is 6.74. The molecule has 0 aliphatic heterocycles. The van der Waals surface area contributed by atoms with Crippen LogP contribution in [0.25, 0.3) is 5.65 Å². The van der Waals surface area contributed by atoms with Gasteiger partial charge in [0.2, 0.25) is 0 Å². The molecule has 0 spiro atoms. The van der Waals surface area contributed by atoms with Gasteiger partial charge >= 0.3 is 0 Å². The highest BCUT2D eigenvalue weighted by Gasteiger charge is 2.01. The maximum Gasteiger partial charge on any atom is 0.200 e. The van der Waals surface area contributed by atoms with Gasteiger partial charge in [0.25, 0.3) is 0 Å². The van der Waals surface area contributed by atoms with Gasteiger partial charge in [-0.25, -0.2) is 0 Å². The molecule has 0 atom stereocenters. The molecule has 20 heavy (non-hydrogen) atoms. The topological polar surface area (TPSA) is 77.2 Å². The van der Waals surface area contributed by atoms with Crippen LogP contribution >= 0.6 is 0 Å². The molecule has 3 aromatic rings. The predicted octanol–water partition coefficient (Wildman–Crippen LogP) is 1.80. The van der Waals surface area contributed by atoms with Crippen LogP contribution in [0.5, 0.6) is 0 Å². The van der Waals surface area contributed by atoms with Crippen LogP contribution in [0.2, 0.25) is 0 Å². The van der Waals surface area contributed by atoms with Crippen molar-refractivity contribution in [3.8, 4) is 0 Å². The first-order chi connectivity index (χ1) is 9.85. The Kier molecular flexibility index (Phi) is 3.51. The van der Waals surface area contributed by atoms with Gasteiger partial charge in [-0.1, -0.05) is 12.1 Å². The lowest BCUT2D eigenvalue weighted by atomic mass is 10.2. The molecule has 0 bridgehead atoms. The van der Waals surface area contributed by atoms with Gasteiger partial charge in [-0.2, -0.15) is 0 Å². The van der Waals surface area contributed by atoms with E-state index in [0.717, 1.165) is 17.9 Å². The number of tetrazole rings is 1.